The third kappa shape index (κ3) is 9.81. The Kier molecular flexibility index (Phi) is 13.9. The van der Waals surface area contributed by atoms with Crippen molar-refractivity contribution in [3.05, 3.63) is 66.1 Å². The summed E-state index contributed by atoms with van der Waals surface area (Å²) in [6, 6.07) is 12.4. The van der Waals surface area contributed by atoms with Crippen LogP contribution >= 0.6 is 0 Å². The Morgan fingerprint density at radius 3 is 1.93 bits per heavy atom. The smallest absolute Gasteiger partial charge is 0.407 e. The molecule has 4 atom stereocenters. The normalized spacial score (nSPS) is 19.5. The number of aromatic nitrogens is 2. The van der Waals surface area contributed by atoms with E-state index in [1.165, 1.54) is 14.2 Å². The highest BCUT2D eigenvalue weighted by atomic mass is 16.5. The maximum atomic E-state index is 13.9. The minimum Gasteiger partial charge on any atom is -0.453 e. The van der Waals surface area contributed by atoms with Gasteiger partial charge in [-0.2, -0.15) is 0 Å². The number of carbonyl (C=O) groups excluding carboxylic acids is 6. The number of ether oxygens (including phenoxy) is 3. The SMILES string of the molecule is COC(=O)N[C@H](C(=O)N1CC2(CCOCC2)CC1C(=O)NCC(=O)c1ccc(-c2ccc(-c3cnc([C@@H]4CCCN4C(=O)[C@@H](NC(=O)OC)C(C)C)[nH]3)cc2)cc1)C(C)C. The Morgan fingerprint density at radius 2 is 1.37 bits per heavy atom. The zero-order chi connectivity index (χ0) is 43.1. The summed E-state index contributed by atoms with van der Waals surface area (Å²) in [4.78, 5) is 89.9. The van der Waals surface area contributed by atoms with Crippen LogP contribution in [0, 0.1) is 17.3 Å². The van der Waals surface area contributed by atoms with Crippen molar-refractivity contribution in [2.24, 2.45) is 17.3 Å². The van der Waals surface area contributed by atoms with Crippen LogP contribution in [0.15, 0.2) is 54.7 Å². The van der Waals surface area contributed by atoms with Crippen molar-refractivity contribution >= 4 is 35.7 Å². The van der Waals surface area contributed by atoms with Gasteiger partial charge in [0.2, 0.25) is 17.7 Å². The lowest BCUT2D eigenvalue weighted by Gasteiger charge is -2.34. The molecule has 3 aromatic rings. The molecule has 3 saturated heterocycles. The first kappa shape index (κ1) is 43.8. The molecule has 4 N–H and O–H groups in total. The lowest BCUT2D eigenvalue weighted by molar-refractivity contribution is -0.140. The summed E-state index contributed by atoms with van der Waals surface area (Å²) in [5.74, 6) is -0.917. The highest BCUT2D eigenvalue weighted by Gasteiger charge is 2.50. The zero-order valence-corrected chi connectivity index (χ0v) is 35.2. The Morgan fingerprint density at radius 1 is 0.817 bits per heavy atom. The average molecular weight is 828 g/mol. The molecule has 5 amide bonds. The number of Topliss-reactive ketones (excluding diaryl/α,β-unsaturated/α-hetero) is 1. The second-order valence-corrected chi connectivity index (χ2v) is 16.7. The summed E-state index contributed by atoms with van der Waals surface area (Å²) in [6.07, 6.45) is 3.81. The van der Waals surface area contributed by atoms with E-state index in [0.717, 1.165) is 35.2 Å². The first-order valence-electron chi connectivity index (χ1n) is 20.7. The van der Waals surface area contributed by atoms with Crippen molar-refractivity contribution in [3.63, 3.8) is 0 Å². The average Bonchev–Trinajstić information content (AvgIpc) is 4.03. The van der Waals surface area contributed by atoms with Crippen LogP contribution in [0.4, 0.5) is 9.59 Å². The van der Waals surface area contributed by atoms with Gasteiger partial charge in [0.25, 0.3) is 0 Å². The number of methoxy groups -OCH3 is 2. The number of hydrogen-bond donors (Lipinski definition) is 4. The van der Waals surface area contributed by atoms with E-state index in [0.29, 0.717) is 57.0 Å². The molecule has 0 bridgehead atoms. The number of hydrogen-bond acceptors (Lipinski definition) is 10. The van der Waals surface area contributed by atoms with Crippen molar-refractivity contribution in [1.82, 2.24) is 35.7 Å². The monoisotopic (exact) mass is 827 g/mol. The van der Waals surface area contributed by atoms with E-state index in [2.05, 4.69) is 25.9 Å². The van der Waals surface area contributed by atoms with Gasteiger partial charge >= 0.3 is 12.2 Å². The molecule has 16 nitrogen and oxygen atoms in total. The van der Waals surface area contributed by atoms with Gasteiger partial charge in [0.15, 0.2) is 5.78 Å². The lowest BCUT2D eigenvalue weighted by atomic mass is 9.78. The van der Waals surface area contributed by atoms with Crippen LogP contribution in [-0.2, 0) is 28.6 Å². The van der Waals surface area contributed by atoms with E-state index >= 15 is 0 Å². The van der Waals surface area contributed by atoms with E-state index in [4.69, 9.17) is 14.2 Å². The van der Waals surface area contributed by atoms with Crippen molar-refractivity contribution < 1.29 is 43.0 Å². The molecule has 3 aliphatic rings. The van der Waals surface area contributed by atoms with Gasteiger partial charge < -0.3 is 44.9 Å². The summed E-state index contributed by atoms with van der Waals surface area (Å²) in [7, 11) is 2.51. The number of imidazole rings is 1. The molecular weight excluding hydrogens is 771 g/mol. The Bertz CT molecular complexity index is 2020. The van der Waals surface area contributed by atoms with Crippen molar-refractivity contribution in [2.45, 2.75) is 84.0 Å². The predicted molar refractivity (Wildman–Crippen MR) is 221 cm³/mol. The number of H-pyrrole nitrogens is 1. The first-order chi connectivity index (χ1) is 28.7. The second kappa shape index (κ2) is 19.1. The molecular formula is C44H57N7O9. The summed E-state index contributed by atoms with van der Waals surface area (Å²) < 4.78 is 15.1. The third-order valence-electron chi connectivity index (χ3n) is 12.0. The largest absolute Gasteiger partial charge is 0.453 e. The molecule has 60 heavy (non-hydrogen) atoms. The Labute approximate surface area is 350 Å². The molecule has 1 spiro atoms. The third-order valence-corrected chi connectivity index (χ3v) is 12.0. The number of nitrogens with zero attached hydrogens (tertiary/aromatic N) is 3. The van der Waals surface area contributed by atoms with Crippen LogP contribution in [0.1, 0.15) is 82.0 Å². The number of alkyl carbamates (subject to hydrolysis) is 2. The van der Waals surface area contributed by atoms with E-state index in [9.17, 15) is 28.8 Å². The summed E-state index contributed by atoms with van der Waals surface area (Å²) >= 11 is 0. The minimum atomic E-state index is -0.882. The van der Waals surface area contributed by atoms with Gasteiger partial charge in [-0.1, -0.05) is 76.2 Å². The number of amides is 5. The molecule has 1 aromatic heterocycles. The number of likely N-dealkylation sites (tertiary alicyclic amines) is 2. The van der Waals surface area contributed by atoms with Gasteiger partial charge in [0.1, 0.15) is 23.9 Å². The van der Waals surface area contributed by atoms with Gasteiger partial charge in [0, 0.05) is 31.9 Å². The van der Waals surface area contributed by atoms with Gasteiger partial charge in [-0.3, -0.25) is 19.2 Å². The maximum absolute atomic E-state index is 13.9. The van der Waals surface area contributed by atoms with E-state index in [1.54, 1.807) is 28.1 Å². The molecule has 6 rings (SSSR count). The molecule has 16 heteroatoms. The van der Waals surface area contributed by atoms with Gasteiger partial charge in [-0.25, -0.2) is 14.6 Å². The molecule has 0 saturated carbocycles. The Balaban J connectivity index is 1.07. The zero-order valence-electron chi connectivity index (χ0n) is 35.2. The van der Waals surface area contributed by atoms with Gasteiger partial charge in [-0.05, 0) is 66.0 Å². The van der Waals surface area contributed by atoms with E-state index in [1.807, 2.05) is 64.1 Å². The van der Waals surface area contributed by atoms with Crippen molar-refractivity contribution in [2.75, 3.05) is 47.1 Å². The van der Waals surface area contributed by atoms with Crippen LogP contribution in [0.5, 0.6) is 0 Å². The molecule has 322 valence electrons. The van der Waals surface area contributed by atoms with Crippen molar-refractivity contribution in [3.8, 4) is 22.4 Å². The molecule has 4 heterocycles. The first-order valence-corrected chi connectivity index (χ1v) is 20.7. The molecule has 3 aliphatic heterocycles. The van der Waals surface area contributed by atoms with Crippen molar-refractivity contribution in [1.29, 1.82) is 0 Å². The fourth-order valence-electron chi connectivity index (χ4n) is 8.49. The molecule has 0 aliphatic carbocycles. The highest BCUT2D eigenvalue weighted by Crippen LogP contribution is 2.43. The molecule has 3 fully saturated rings. The minimum absolute atomic E-state index is 0.129. The van der Waals surface area contributed by atoms with Crippen LogP contribution in [-0.4, -0.2) is 121 Å². The quantitative estimate of drug-likeness (QED) is 0.173. The highest BCUT2D eigenvalue weighted by molar-refractivity contribution is 6.01. The molecule has 0 radical (unpaired) electrons. The summed E-state index contributed by atoms with van der Waals surface area (Å²) in [6.45, 7) is 9.16. The van der Waals surface area contributed by atoms with E-state index < -0.39 is 36.2 Å². The van der Waals surface area contributed by atoms with E-state index in [-0.39, 0.29) is 47.4 Å². The number of aromatic amines is 1. The molecule has 1 unspecified atom stereocenters. The predicted octanol–water partition coefficient (Wildman–Crippen LogP) is 4.87. The number of rotatable bonds is 13. The Hall–Kier alpha value is -5.77. The molecule has 2 aromatic carbocycles. The number of benzene rings is 2. The van der Waals surface area contributed by atoms with Crippen LogP contribution < -0.4 is 16.0 Å². The second-order valence-electron chi connectivity index (χ2n) is 16.7. The van der Waals surface area contributed by atoms with Crippen LogP contribution in [0.25, 0.3) is 22.4 Å². The van der Waals surface area contributed by atoms with Gasteiger partial charge in [-0.15, -0.1) is 0 Å². The summed E-state index contributed by atoms with van der Waals surface area (Å²) in [5, 5.41) is 8.09. The van der Waals surface area contributed by atoms with Gasteiger partial charge in [0.05, 0.1) is 38.7 Å². The number of carbonyl (C=O) groups is 6. The topological polar surface area (TPSA) is 201 Å². The van der Waals surface area contributed by atoms with Crippen LogP contribution in [0.3, 0.4) is 0 Å². The number of ketones is 1. The standard InChI is InChI=1S/C44H57N7O9/c1-26(2)36(48-42(56)58-5)40(54)50-19-7-8-33(50)38-45-23-32(47-38)30-13-9-28(10-14-30)29-11-15-31(16-12-29)35(52)24-46-39(53)34-22-44(17-20-60-21-18-44)25-51(34)41(55)37(27(3)4)49-43(57)59-6/h9-16,23,26-27,33-34,36-37H,7-8,17-22,24-25H2,1-6H3,(H,45,47)(H,46,53)(H,48,56)(H,49,57)/t33-,34?,36-,37-/m0/s1. The fraction of sp³-hybridized carbons (Fsp3) is 0.523. The van der Waals surface area contributed by atoms with Crippen LogP contribution in [0.2, 0.25) is 0 Å². The lowest BCUT2D eigenvalue weighted by Crippen LogP contribution is -2.55. The summed E-state index contributed by atoms with van der Waals surface area (Å²) in [5.41, 5.74) is 3.69. The maximum Gasteiger partial charge on any atom is 0.407 e. The number of nitrogens with one attached hydrogen (secondary N) is 4. The fourth-order valence-corrected chi connectivity index (χ4v) is 8.49.